The van der Waals surface area contributed by atoms with Crippen LogP contribution < -0.4 is 10.1 Å². The normalized spacial score (nSPS) is 14.0. The molecule has 0 aliphatic carbocycles. The second-order valence-electron chi connectivity index (χ2n) is 4.87. The number of carboxylic acids is 1. The summed E-state index contributed by atoms with van der Waals surface area (Å²) in [5.74, 6) is -0.960. The molecule has 1 aliphatic rings. The first-order valence-corrected chi connectivity index (χ1v) is 6.51. The summed E-state index contributed by atoms with van der Waals surface area (Å²) in [5.41, 5.74) is 1.48. The lowest BCUT2D eigenvalue weighted by Crippen LogP contribution is -2.12. The van der Waals surface area contributed by atoms with Crippen LogP contribution in [0.3, 0.4) is 0 Å². The number of carbonyl (C=O) groups excluding carboxylic acids is 1. The van der Waals surface area contributed by atoms with E-state index < -0.39 is 11.9 Å². The molecule has 0 unspecified atom stereocenters. The first kappa shape index (κ1) is 13.2. The highest BCUT2D eigenvalue weighted by Crippen LogP contribution is 2.36. The Labute approximate surface area is 121 Å². The molecular weight excluding hydrogens is 270 g/mol. The molecule has 2 aromatic rings. The Morgan fingerprint density at radius 2 is 1.95 bits per heavy atom. The number of carbonyl (C=O) groups is 2. The van der Waals surface area contributed by atoms with E-state index in [1.807, 2.05) is 6.07 Å². The first-order valence-electron chi connectivity index (χ1n) is 6.51. The van der Waals surface area contributed by atoms with E-state index in [0.717, 1.165) is 0 Å². The molecule has 5 nitrogen and oxygen atoms in total. The Morgan fingerprint density at radius 3 is 2.71 bits per heavy atom. The number of benzene rings is 2. The van der Waals surface area contributed by atoms with Crippen molar-refractivity contribution >= 4 is 17.6 Å². The zero-order valence-electron chi connectivity index (χ0n) is 11.3. The van der Waals surface area contributed by atoms with Gasteiger partial charge in [-0.1, -0.05) is 18.2 Å². The lowest BCUT2D eigenvalue weighted by atomic mass is 9.98. The Kier molecular flexibility index (Phi) is 3.10. The minimum atomic E-state index is -0.937. The minimum Gasteiger partial charge on any atom is -0.481 e. The van der Waals surface area contributed by atoms with Gasteiger partial charge in [0.15, 0.2) is 5.75 Å². The van der Waals surface area contributed by atoms with E-state index >= 15 is 0 Å². The maximum atomic E-state index is 12.3. The van der Waals surface area contributed by atoms with Crippen molar-refractivity contribution in [3.8, 4) is 11.5 Å². The van der Waals surface area contributed by atoms with Gasteiger partial charge < -0.3 is 15.2 Å². The second-order valence-corrected chi connectivity index (χ2v) is 4.87. The van der Waals surface area contributed by atoms with E-state index in [1.165, 1.54) is 0 Å². The van der Waals surface area contributed by atoms with E-state index in [0.29, 0.717) is 28.3 Å². The van der Waals surface area contributed by atoms with Gasteiger partial charge in [0.05, 0.1) is 17.2 Å². The number of hydrogen-bond donors (Lipinski definition) is 2. The molecule has 106 valence electrons. The fraction of sp³-hybridized carbons (Fsp3) is 0.125. The maximum absolute atomic E-state index is 12.3. The van der Waals surface area contributed by atoms with Crippen LogP contribution in [0.2, 0.25) is 0 Å². The number of hydrogen-bond acceptors (Lipinski definition) is 3. The molecule has 0 aromatic heterocycles. The van der Waals surface area contributed by atoms with Gasteiger partial charge in [-0.3, -0.25) is 9.59 Å². The number of anilines is 1. The molecule has 21 heavy (non-hydrogen) atoms. The van der Waals surface area contributed by atoms with E-state index in [1.54, 1.807) is 43.3 Å². The lowest BCUT2D eigenvalue weighted by molar-refractivity contribution is -0.138. The molecule has 1 aliphatic heterocycles. The van der Waals surface area contributed by atoms with Crippen LogP contribution in [0.4, 0.5) is 5.69 Å². The number of rotatable bonds is 2. The highest BCUT2D eigenvalue weighted by Gasteiger charge is 2.23. The lowest BCUT2D eigenvalue weighted by Gasteiger charge is -2.11. The average molecular weight is 283 g/mol. The van der Waals surface area contributed by atoms with Crippen LogP contribution >= 0.6 is 0 Å². The molecule has 0 saturated carbocycles. The van der Waals surface area contributed by atoms with E-state index in [4.69, 9.17) is 9.84 Å². The molecule has 5 heteroatoms. The number of fused-ring (bicyclic) bond motifs is 2. The number of aliphatic carboxylic acids is 1. The molecule has 0 fully saturated rings. The van der Waals surface area contributed by atoms with Crippen molar-refractivity contribution in [3.63, 3.8) is 0 Å². The third kappa shape index (κ3) is 2.33. The number of para-hydroxylation sites is 2. The van der Waals surface area contributed by atoms with Gasteiger partial charge in [0.1, 0.15) is 5.75 Å². The Hall–Kier alpha value is -2.82. The smallest absolute Gasteiger partial charge is 0.310 e. The Balaban J connectivity index is 2.06. The van der Waals surface area contributed by atoms with E-state index in [9.17, 15) is 9.59 Å². The van der Waals surface area contributed by atoms with E-state index in [-0.39, 0.29) is 5.91 Å². The quantitative estimate of drug-likeness (QED) is 0.887. The number of nitrogens with one attached hydrogen (secondary N) is 1. The summed E-state index contributed by atoms with van der Waals surface area (Å²) in [7, 11) is 0. The minimum absolute atomic E-state index is 0.311. The van der Waals surface area contributed by atoms with Gasteiger partial charge in [-0.2, -0.15) is 0 Å². The standard InChI is InChI=1S/C16H13NO4/c1-9(16(19)20)10-6-7-13-11(8-10)15(18)17-12-4-2-3-5-14(12)21-13/h2-9H,1H3,(H,17,18)(H,19,20)/t9-/m0/s1. The monoisotopic (exact) mass is 283 g/mol. The van der Waals surface area contributed by atoms with Crippen LogP contribution in [0.5, 0.6) is 11.5 Å². The summed E-state index contributed by atoms with van der Waals surface area (Å²) < 4.78 is 5.74. The van der Waals surface area contributed by atoms with Crippen molar-refractivity contribution in [2.45, 2.75) is 12.8 Å². The molecule has 2 N–H and O–H groups in total. The van der Waals surface area contributed by atoms with Crippen LogP contribution in [0.1, 0.15) is 28.8 Å². The van der Waals surface area contributed by atoms with Crippen LogP contribution in [0.15, 0.2) is 42.5 Å². The van der Waals surface area contributed by atoms with Crippen molar-refractivity contribution in [1.82, 2.24) is 0 Å². The maximum Gasteiger partial charge on any atom is 0.310 e. The summed E-state index contributed by atoms with van der Waals surface area (Å²) in [6.45, 7) is 1.58. The predicted molar refractivity (Wildman–Crippen MR) is 77.0 cm³/mol. The first-order chi connectivity index (χ1) is 10.1. The molecule has 2 aromatic carbocycles. The van der Waals surface area contributed by atoms with Gasteiger partial charge in [-0.05, 0) is 36.8 Å². The third-order valence-corrected chi connectivity index (χ3v) is 3.47. The van der Waals surface area contributed by atoms with Gasteiger partial charge in [0.25, 0.3) is 5.91 Å². The van der Waals surface area contributed by atoms with Crippen LogP contribution in [0.25, 0.3) is 0 Å². The third-order valence-electron chi connectivity index (χ3n) is 3.47. The molecular formula is C16H13NO4. The van der Waals surface area contributed by atoms with Gasteiger partial charge in [0, 0.05) is 0 Å². The summed E-state index contributed by atoms with van der Waals surface area (Å²) in [6, 6.07) is 12.0. The molecule has 0 saturated heterocycles. The topological polar surface area (TPSA) is 75.6 Å². The number of amides is 1. The van der Waals surface area contributed by atoms with Crippen molar-refractivity contribution in [3.05, 3.63) is 53.6 Å². The van der Waals surface area contributed by atoms with Crippen LogP contribution in [-0.2, 0) is 4.79 Å². The molecule has 3 rings (SSSR count). The highest BCUT2D eigenvalue weighted by atomic mass is 16.5. The van der Waals surface area contributed by atoms with Gasteiger partial charge in [-0.25, -0.2) is 0 Å². The summed E-state index contributed by atoms with van der Waals surface area (Å²) in [6.07, 6.45) is 0. The van der Waals surface area contributed by atoms with Gasteiger partial charge in [-0.15, -0.1) is 0 Å². The van der Waals surface area contributed by atoms with Crippen LogP contribution in [-0.4, -0.2) is 17.0 Å². The Morgan fingerprint density at radius 1 is 1.19 bits per heavy atom. The summed E-state index contributed by atoms with van der Waals surface area (Å²) in [4.78, 5) is 23.3. The number of ether oxygens (including phenoxy) is 1. The van der Waals surface area contributed by atoms with Crippen molar-refractivity contribution in [1.29, 1.82) is 0 Å². The average Bonchev–Trinajstić information content (AvgIpc) is 2.62. The molecule has 1 amide bonds. The van der Waals surface area contributed by atoms with Gasteiger partial charge in [0.2, 0.25) is 0 Å². The van der Waals surface area contributed by atoms with Crippen LogP contribution in [0, 0.1) is 0 Å². The largest absolute Gasteiger partial charge is 0.481 e. The number of carboxylic acid groups (broad SMARTS) is 1. The fourth-order valence-corrected chi connectivity index (χ4v) is 2.19. The summed E-state index contributed by atoms with van der Waals surface area (Å²) in [5, 5.41) is 11.8. The van der Waals surface area contributed by atoms with Crippen molar-refractivity contribution in [2.24, 2.45) is 0 Å². The summed E-state index contributed by atoms with van der Waals surface area (Å²) >= 11 is 0. The SMILES string of the molecule is C[C@H](C(=O)O)c1ccc2c(c1)C(=O)Nc1ccccc1O2. The Bertz CT molecular complexity index is 739. The van der Waals surface area contributed by atoms with E-state index in [2.05, 4.69) is 5.32 Å². The zero-order valence-corrected chi connectivity index (χ0v) is 11.3. The van der Waals surface area contributed by atoms with Crippen molar-refractivity contribution < 1.29 is 19.4 Å². The predicted octanol–water partition coefficient (Wildman–Crippen LogP) is 3.23. The molecule has 1 heterocycles. The second kappa shape index (κ2) is 4.94. The highest BCUT2D eigenvalue weighted by molar-refractivity contribution is 6.08. The van der Waals surface area contributed by atoms with Crippen molar-refractivity contribution in [2.75, 3.05) is 5.32 Å². The molecule has 0 radical (unpaired) electrons. The molecule has 1 atom stereocenters. The molecule has 0 spiro atoms. The molecule has 0 bridgehead atoms. The fourth-order valence-electron chi connectivity index (χ4n) is 2.19. The van der Waals surface area contributed by atoms with Gasteiger partial charge >= 0.3 is 5.97 Å². The zero-order chi connectivity index (χ0) is 15.0.